The van der Waals surface area contributed by atoms with E-state index >= 15 is 0 Å². The van der Waals surface area contributed by atoms with E-state index in [1.807, 2.05) is 11.8 Å². The van der Waals surface area contributed by atoms with Gasteiger partial charge in [0.15, 0.2) is 0 Å². The van der Waals surface area contributed by atoms with Gasteiger partial charge in [0.05, 0.1) is 12.1 Å². The molecular weight excluding hydrogens is 216 g/mol. The van der Waals surface area contributed by atoms with Gasteiger partial charge in [-0.1, -0.05) is 0 Å². The Balaban J connectivity index is 1.80. The lowest BCUT2D eigenvalue weighted by atomic mass is 9.98. The van der Waals surface area contributed by atoms with E-state index in [1.54, 1.807) is 0 Å². The van der Waals surface area contributed by atoms with Gasteiger partial charge in [0.1, 0.15) is 0 Å². The predicted octanol–water partition coefficient (Wildman–Crippen LogP) is 0.846. The van der Waals surface area contributed by atoms with Gasteiger partial charge in [-0.2, -0.15) is 0 Å². The number of aliphatic hydroxyl groups is 1. The normalized spacial score (nSPS) is 31.5. The Morgan fingerprint density at radius 1 is 1.12 bits per heavy atom. The number of likely N-dealkylation sites (tertiary alicyclic amines) is 2. The minimum Gasteiger partial charge on any atom is -0.390 e. The minimum absolute atomic E-state index is 0.268. The number of hydrogen-bond acceptors (Lipinski definition) is 3. The molecule has 2 aliphatic heterocycles. The average Bonchev–Trinajstić information content (AvgIpc) is 2.73. The highest BCUT2D eigenvalue weighted by Gasteiger charge is 2.27. The van der Waals surface area contributed by atoms with Crippen LogP contribution in [0.3, 0.4) is 0 Å². The fraction of sp³-hybridized carbons (Fsp3) is 0.923. The summed E-state index contributed by atoms with van der Waals surface area (Å²) in [5, 5.41) is 10.00. The monoisotopic (exact) mass is 240 g/mol. The molecule has 0 aliphatic carbocycles. The van der Waals surface area contributed by atoms with Gasteiger partial charge < -0.3 is 10.0 Å². The molecule has 0 radical (unpaired) electrons. The van der Waals surface area contributed by atoms with Gasteiger partial charge in [-0.3, -0.25) is 9.69 Å². The lowest BCUT2D eigenvalue weighted by Crippen LogP contribution is -2.39. The van der Waals surface area contributed by atoms with Crippen LogP contribution in [0.25, 0.3) is 0 Å². The van der Waals surface area contributed by atoms with Crippen molar-refractivity contribution in [3.63, 3.8) is 0 Å². The molecule has 2 rings (SSSR count). The van der Waals surface area contributed by atoms with E-state index in [-0.39, 0.29) is 5.91 Å². The third-order valence-corrected chi connectivity index (χ3v) is 3.97. The molecule has 98 valence electrons. The topological polar surface area (TPSA) is 43.8 Å². The summed E-state index contributed by atoms with van der Waals surface area (Å²) in [4.78, 5) is 16.2. The van der Waals surface area contributed by atoms with E-state index in [4.69, 9.17) is 0 Å². The van der Waals surface area contributed by atoms with Crippen LogP contribution in [-0.2, 0) is 4.79 Å². The quantitative estimate of drug-likeness (QED) is 0.778. The van der Waals surface area contributed by atoms with Crippen LogP contribution in [-0.4, -0.2) is 59.1 Å². The smallest absolute Gasteiger partial charge is 0.236 e. The van der Waals surface area contributed by atoms with E-state index in [9.17, 15) is 9.90 Å². The molecule has 2 heterocycles. The van der Waals surface area contributed by atoms with E-state index in [0.717, 1.165) is 58.3 Å². The first-order valence-electron chi connectivity index (χ1n) is 6.79. The summed E-state index contributed by atoms with van der Waals surface area (Å²) in [5.74, 6) is 0.268. The zero-order valence-corrected chi connectivity index (χ0v) is 10.8. The van der Waals surface area contributed by atoms with Crippen LogP contribution in [0.2, 0.25) is 0 Å². The maximum Gasteiger partial charge on any atom is 0.236 e. The zero-order chi connectivity index (χ0) is 12.3. The molecule has 0 saturated carbocycles. The third kappa shape index (κ3) is 3.68. The average molecular weight is 240 g/mol. The van der Waals surface area contributed by atoms with Gasteiger partial charge in [-0.25, -0.2) is 0 Å². The molecule has 0 aromatic rings. The molecule has 1 unspecified atom stereocenters. The van der Waals surface area contributed by atoms with Crippen molar-refractivity contribution in [1.29, 1.82) is 0 Å². The molecule has 0 bridgehead atoms. The lowest BCUT2D eigenvalue weighted by Gasteiger charge is -2.24. The Morgan fingerprint density at radius 2 is 1.82 bits per heavy atom. The first-order chi connectivity index (χ1) is 8.07. The van der Waals surface area contributed by atoms with Crippen molar-refractivity contribution < 1.29 is 9.90 Å². The Kier molecular flexibility index (Phi) is 4.05. The van der Waals surface area contributed by atoms with E-state index in [2.05, 4.69) is 4.90 Å². The summed E-state index contributed by atoms with van der Waals surface area (Å²) in [6.45, 7) is 6.09. The van der Waals surface area contributed by atoms with Crippen molar-refractivity contribution in [2.75, 3.05) is 32.7 Å². The number of amides is 1. The van der Waals surface area contributed by atoms with Crippen LogP contribution in [0.5, 0.6) is 0 Å². The number of carbonyl (C=O) groups excluding carboxylic acids is 1. The van der Waals surface area contributed by atoms with E-state index < -0.39 is 5.60 Å². The van der Waals surface area contributed by atoms with Crippen molar-refractivity contribution >= 4 is 5.91 Å². The first-order valence-corrected chi connectivity index (χ1v) is 6.79. The molecular formula is C13H24N2O2. The minimum atomic E-state index is -0.536. The Bertz CT molecular complexity index is 273. The highest BCUT2D eigenvalue weighted by molar-refractivity contribution is 5.78. The number of hydrogen-bond donors (Lipinski definition) is 1. The molecule has 17 heavy (non-hydrogen) atoms. The lowest BCUT2D eigenvalue weighted by molar-refractivity contribution is -0.131. The summed E-state index contributed by atoms with van der Waals surface area (Å²) in [6.07, 6.45) is 4.92. The van der Waals surface area contributed by atoms with Crippen LogP contribution >= 0.6 is 0 Å². The van der Waals surface area contributed by atoms with Gasteiger partial charge in [0.25, 0.3) is 0 Å². The molecule has 0 aromatic carbocycles. The van der Waals surface area contributed by atoms with Gasteiger partial charge in [0.2, 0.25) is 5.91 Å². The highest BCUT2D eigenvalue weighted by atomic mass is 16.3. The van der Waals surface area contributed by atoms with Crippen LogP contribution in [0.15, 0.2) is 0 Å². The maximum atomic E-state index is 12.0. The van der Waals surface area contributed by atoms with Crippen molar-refractivity contribution in [3.05, 3.63) is 0 Å². The molecule has 2 saturated heterocycles. The molecule has 2 fully saturated rings. The fourth-order valence-electron chi connectivity index (χ4n) is 2.74. The summed E-state index contributed by atoms with van der Waals surface area (Å²) in [5.41, 5.74) is -0.536. The summed E-state index contributed by atoms with van der Waals surface area (Å²) >= 11 is 0. The summed E-state index contributed by atoms with van der Waals surface area (Å²) in [7, 11) is 0. The standard InChI is InChI=1S/C13H24N2O2/c1-13(17)5-4-7-14(10-6-13)11-12(16)15-8-2-3-9-15/h17H,2-11H2,1H3. The number of carbonyl (C=O) groups is 1. The SMILES string of the molecule is CC1(O)CCCN(CC(=O)N2CCCC2)CC1. The van der Waals surface area contributed by atoms with E-state index in [1.165, 1.54) is 0 Å². The maximum absolute atomic E-state index is 12.0. The van der Waals surface area contributed by atoms with E-state index in [0.29, 0.717) is 6.54 Å². The molecule has 1 atom stereocenters. The van der Waals surface area contributed by atoms with Gasteiger partial charge >= 0.3 is 0 Å². The summed E-state index contributed by atoms with van der Waals surface area (Å²) in [6, 6.07) is 0. The van der Waals surface area contributed by atoms with Crippen molar-refractivity contribution in [1.82, 2.24) is 9.80 Å². The molecule has 0 spiro atoms. The predicted molar refractivity (Wildman–Crippen MR) is 66.7 cm³/mol. The van der Waals surface area contributed by atoms with Crippen LogP contribution in [0.4, 0.5) is 0 Å². The Labute approximate surface area is 104 Å². The highest BCUT2D eigenvalue weighted by Crippen LogP contribution is 2.21. The summed E-state index contributed by atoms with van der Waals surface area (Å²) < 4.78 is 0. The van der Waals surface area contributed by atoms with Crippen LogP contribution in [0.1, 0.15) is 39.0 Å². The second kappa shape index (κ2) is 5.36. The number of nitrogens with zero attached hydrogens (tertiary/aromatic N) is 2. The Hall–Kier alpha value is -0.610. The molecule has 1 amide bonds. The molecule has 0 aromatic heterocycles. The molecule has 1 N–H and O–H groups in total. The van der Waals surface area contributed by atoms with Gasteiger partial charge in [-0.15, -0.1) is 0 Å². The van der Waals surface area contributed by atoms with Gasteiger partial charge in [-0.05, 0) is 45.6 Å². The molecule has 4 heteroatoms. The zero-order valence-electron chi connectivity index (χ0n) is 10.8. The number of rotatable bonds is 2. The second-order valence-corrected chi connectivity index (χ2v) is 5.71. The van der Waals surface area contributed by atoms with Gasteiger partial charge in [0, 0.05) is 19.6 Å². The van der Waals surface area contributed by atoms with Crippen LogP contribution in [0, 0.1) is 0 Å². The van der Waals surface area contributed by atoms with Crippen LogP contribution < -0.4 is 0 Å². The third-order valence-electron chi connectivity index (χ3n) is 3.97. The van der Waals surface area contributed by atoms with Crippen molar-refractivity contribution in [2.24, 2.45) is 0 Å². The molecule has 4 nitrogen and oxygen atoms in total. The second-order valence-electron chi connectivity index (χ2n) is 5.71. The largest absolute Gasteiger partial charge is 0.390 e. The Morgan fingerprint density at radius 3 is 2.53 bits per heavy atom. The first kappa shape index (κ1) is 12.8. The van der Waals surface area contributed by atoms with Crippen molar-refractivity contribution in [3.8, 4) is 0 Å². The van der Waals surface area contributed by atoms with Crippen molar-refractivity contribution in [2.45, 2.75) is 44.6 Å². The molecule has 2 aliphatic rings. The fourth-order valence-corrected chi connectivity index (χ4v) is 2.74.